The second-order valence-electron chi connectivity index (χ2n) is 13.3. The van der Waals surface area contributed by atoms with Crippen LogP contribution in [0, 0.1) is 45.3 Å². The number of rotatable bonds is 4. The third-order valence-corrected chi connectivity index (χ3v) is 10.3. The van der Waals surface area contributed by atoms with Gasteiger partial charge in [-0.3, -0.25) is 0 Å². The average molecular weight is 729 g/mol. The van der Waals surface area contributed by atoms with Gasteiger partial charge >= 0.3 is 6.18 Å². The Labute approximate surface area is 317 Å². The van der Waals surface area contributed by atoms with Crippen LogP contribution < -0.4 is 0 Å². The number of nitrogens with zero attached hydrogens (tertiary/aromatic N) is 6. The van der Waals surface area contributed by atoms with Crippen molar-refractivity contribution < 1.29 is 13.2 Å². The smallest absolute Gasteiger partial charge is 0.309 e. The first-order valence-electron chi connectivity index (χ1n) is 17.4. The third kappa shape index (κ3) is 5.24. The Balaban J connectivity index is 1.41. The van der Waals surface area contributed by atoms with Gasteiger partial charge in [-0.05, 0) is 102 Å². The molecule has 2 aromatic heterocycles. The highest BCUT2D eigenvalue weighted by atomic mass is 19.4. The number of para-hydroxylation sites is 2. The largest absolute Gasteiger partial charge is 0.416 e. The Hall–Kier alpha value is -8.11. The first-order chi connectivity index (χ1) is 27.2. The summed E-state index contributed by atoms with van der Waals surface area (Å²) in [6.07, 6.45) is -4.66. The molecule has 0 spiro atoms. The van der Waals surface area contributed by atoms with Gasteiger partial charge in [-0.25, -0.2) is 0 Å². The Bertz CT molecular complexity index is 3300. The van der Waals surface area contributed by atoms with Gasteiger partial charge in [0.15, 0.2) is 0 Å². The topological polar surface area (TPSA) is 105 Å². The van der Waals surface area contributed by atoms with Crippen LogP contribution in [0.3, 0.4) is 0 Å². The monoisotopic (exact) mass is 728 g/mol. The molecule has 0 bridgehead atoms. The molecule has 9 rings (SSSR count). The van der Waals surface area contributed by atoms with Crippen molar-refractivity contribution in [2.24, 2.45) is 0 Å². The number of benzene rings is 7. The van der Waals surface area contributed by atoms with Crippen LogP contribution in [0.4, 0.5) is 13.2 Å². The molecular weight excluding hydrogens is 706 g/mol. The molecule has 0 aliphatic carbocycles. The summed E-state index contributed by atoms with van der Waals surface area (Å²) in [6.45, 7) is 0. The Kier molecular flexibility index (Phi) is 7.69. The zero-order chi connectivity index (χ0) is 38.7. The van der Waals surface area contributed by atoms with Crippen molar-refractivity contribution in [2.45, 2.75) is 6.18 Å². The molecule has 7 aromatic carbocycles. The maximum atomic E-state index is 13.9. The summed E-state index contributed by atoms with van der Waals surface area (Å²) in [7, 11) is 0. The summed E-state index contributed by atoms with van der Waals surface area (Å²) in [6, 6.07) is 49.3. The van der Waals surface area contributed by atoms with Gasteiger partial charge in [0.25, 0.3) is 0 Å². The van der Waals surface area contributed by atoms with E-state index in [9.17, 15) is 34.2 Å². The zero-order valence-corrected chi connectivity index (χ0v) is 29.1. The summed E-state index contributed by atoms with van der Waals surface area (Å²) in [5, 5.41) is 43.5. The maximum absolute atomic E-state index is 13.9. The number of hydrogen-bond acceptors (Lipinski definition) is 4. The lowest BCUT2D eigenvalue weighted by atomic mass is 9.89. The van der Waals surface area contributed by atoms with Gasteiger partial charge in [-0.15, -0.1) is 0 Å². The summed E-state index contributed by atoms with van der Waals surface area (Å²) in [4.78, 5) is 0. The fourth-order valence-electron chi connectivity index (χ4n) is 7.82. The SMILES string of the molecule is N#Cc1ccc(-n2c3ccccc3c3cc(C#N)ccc32)c(-c2cc(-n3c4ccccc4c4cc(C#N)ccc43)ccc2-c2ccc(C(F)(F)F)cc2C#N)c1. The quantitative estimate of drug-likeness (QED) is 0.180. The fourth-order valence-corrected chi connectivity index (χ4v) is 7.82. The van der Waals surface area contributed by atoms with E-state index in [0.717, 1.165) is 55.7 Å². The van der Waals surface area contributed by atoms with E-state index in [-0.39, 0.29) is 11.1 Å². The van der Waals surface area contributed by atoms with Crippen LogP contribution in [0.1, 0.15) is 27.8 Å². The third-order valence-electron chi connectivity index (χ3n) is 10.3. The molecule has 0 saturated heterocycles. The van der Waals surface area contributed by atoms with Crippen LogP contribution in [-0.4, -0.2) is 9.13 Å². The second-order valence-corrected chi connectivity index (χ2v) is 13.3. The van der Waals surface area contributed by atoms with E-state index in [0.29, 0.717) is 44.8 Å². The van der Waals surface area contributed by atoms with Crippen LogP contribution in [-0.2, 0) is 6.18 Å². The predicted octanol–water partition coefficient (Wildman–Crippen LogP) is 11.7. The van der Waals surface area contributed by atoms with Crippen molar-refractivity contribution in [3.05, 3.63) is 167 Å². The van der Waals surface area contributed by atoms with E-state index in [4.69, 9.17) is 0 Å². The number of alkyl halides is 3. The lowest BCUT2D eigenvalue weighted by Crippen LogP contribution is -2.06. The molecule has 9 aromatic rings. The summed E-state index contributed by atoms with van der Waals surface area (Å²) >= 11 is 0. The van der Waals surface area contributed by atoms with E-state index < -0.39 is 11.7 Å². The first kappa shape index (κ1) is 33.7. The Morgan fingerprint density at radius 2 is 0.946 bits per heavy atom. The van der Waals surface area contributed by atoms with Gasteiger partial charge < -0.3 is 9.13 Å². The molecule has 0 atom stereocenters. The molecular formula is C47H23F3N6. The van der Waals surface area contributed by atoms with Crippen molar-refractivity contribution in [1.82, 2.24) is 9.13 Å². The van der Waals surface area contributed by atoms with Crippen LogP contribution in [0.2, 0.25) is 0 Å². The van der Waals surface area contributed by atoms with E-state index in [1.807, 2.05) is 97.1 Å². The molecule has 56 heavy (non-hydrogen) atoms. The molecule has 6 nitrogen and oxygen atoms in total. The lowest BCUT2D eigenvalue weighted by Gasteiger charge is -2.20. The molecule has 262 valence electrons. The Morgan fingerprint density at radius 1 is 0.411 bits per heavy atom. The molecule has 0 aliphatic rings. The van der Waals surface area contributed by atoms with E-state index >= 15 is 0 Å². The van der Waals surface area contributed by atoms with Crippen LogP contribution in [0.15, 0.2) is 140 Å². The van der Waals surface area contributed by atoms with E-state index in [2.05, 4.69) is 27.3 Å². The molecule has 0 aliphatic heterocycles. The molecule has 0 amide bonds. The minimum absolute atomic E-state index is 0.159. The van der Waals surface area contributed by atoms with E-state index in [1.165, 1.54) is 6.07 Å². The fraction of sp³-hybridized carbons (Fsp3) is 0.0213. The molecule has 0 N–H and O–H groups in total. The van der Waals surface area contributed by atoms with E-state index in [1.54, 1.807) is 30.3 Å². The Morgan fingerprint density at radius 3 is 1.55 bits per heavy atom. The predicted molar refractivity (Wildman–Crippen MR) is 210 cm³/mol. The number of hydrogen-bond donors (Lipinski definition) is 0. The van der Waals surface area contributed by atoms with Gasteiger partial charge in [0.05, 0.1) is 79.8 Å². The zero-order valence-electron chi connectivity index (χ0n) is 29.1. The van der Waals surface area contributed by atoms with Crippen molar-refractivity contribution in [1.29, 1.82) is 21.0 Å². The van der Waals surface area contributed by atoms with Crippen molar-refractivity contribution in [2.75, 3.05) is 0 Å². The molecule has 9 heteroatoms. The van der Waals surface area contributed by atoms with Crippen LogP contribution >= 0.6 is 0 Å². The number of fused-ring (bicyclic) bond motifs is 6. The van der Waals surface area contributed by atoms with Crippen molar-refractivity contribution in [3.63, 3.8) is 0 Å². The number of nitriles is 4. The standard InChI is InChI=1S/C47H23F3N6/c48-47(49,50)32-12-14-34(31(22-32)27-54)35-15-13-33(55-42-7-3-1-5-36(42)39-19-28(24-51)9-16-44(39)55)23-38(35)41-21-30(26-53)11-18-46(41)56-43-8-4-2-6-37(43)40-20-29(25-52)10-17-45(40)56/h1-23H. The molecule has 0 unspecified atom stereocenters. The van der Waals surface area contributed by atoms with Crippen LogP contribution in [0.25, 0.3) is 77.2 Å². The molecule has 0 saturated carbocycles. The summed E-state index contributed by atoms with van der Waals surface area (Å²) in [5.41, 5.74) is 6.89. The highest BCUT2D eigenvalue weighted by Gasteiger charge is 2.31. The normalized spacial score (nSPS) is 11.4. The van der Waals surface area contributed by atoms with Gasteiger partial charge in [0, 0.05) is 38.4 Å². The van der Waals surface area contributed by atoms with Gasteiger partial charge in [-0.2, -0.15) is 34.2 Å². The summed E-state index contributed by atoms with van der Waals surface area (Å²) < 4.78 is 45.9. The summed E-state index contributed by atoms with van der Waals surface area (Å²) in [5.74, 6) is 0. The van der Waals surface area contributed by atoms with Crippen molar-refractivity contribution >= 4 is 43.6 Å². The minimum Gasteiger partial charge on any atom is -0.309 e. The molecule has 2 heterocycles. The van der Waals surface area contributed by atoms with Gasteiger partial charge in [0.1, 0.15) is 0 Å². The highest BCUT2D eigenvalue weighted by molar-refractivity contribution is 6.11. The number of halogens is 3. The van der Waals surface area contributed by atoms with Gasteiger partial charge in [-0.1, -0.05) is 48.5 Å². The van der Waals surface area contributed by atoms with Crippen molar-refractivity contribution in [3.8, 4) is 57.9 Å². The first-order valence-corrected chi connectivity index (χ1v) is 17.4. The molecule has 0 fully saturated rings. The number of aromatic nitrogens is 2. The maximum Gasteiger partial charge on any atom is 0.416 e. The average Bonchev–Trinajstić information content (AvgIpc) is 3.74. The van der Waals surface area contributed by atoms with Gasteiger partial charge in [0.2, 0.25) is 0 Å². The minimum atomic E-state index is -4.66. The highest BCUT2D eigenvalue weighted by Crippen LogP contribution is 2.44. The second kappa shape index (κ2) is 12.8. The lowest BCUT2D eigenvalue weighted by molar-refractivity contribution is -0.137. The molecule has 0 radical (unpaired) electrons. The van der Waals surface area contributed by atoms with Crippen LogP contribution in [0.5, 0.6) is 0 Å².